The first-order chi connectivity index (χ1) is 6.39. The van der Waals surface area contributed by atoms with Crippen LogP contribution in [-0.2, 0) is 0 Å². The van der Waals surface area contributed by atoms with Gasteiger partial charge in [0.15, 0.2) is 0 Å². The van der Waals surface area contributed by atoms with Crippen molar-refractivity contribution >= 4 is 0 Å². The minimum Gasteiger partial charge on any atom is -0.315 e. The van der Waals surface area contributed by atoms with Crippen LogP contribution in [0.3, 0.4) is 0 Å². The summed E-state index contributed by atoms with van der Waals surface area (Å²) in [5.74, 6) is 0. The lowest BCUT2D eigenvalue weighted by molar-refractivity contribution is -0.146. The van der Waals surface area contributed by atoms with E-state index < -0.39 is 18.8 Å². The highest BCUT2D eigenvalue weighted by atomic mass is 19.4. The summed E-state index contributed by atoms with van der Waals surface area (Å²) >= 11 is 0. The van der Waals surface area contributed by atoms with Crippen molar-refractivity contribution < 1.29 is 13.2 Å². The minimum absolute atomic E-state index is 0.0378. The van der Waals surface area contributed by atoms with E-state index in [9.17, 15) is 13.2 Å². The molecule has 82 valence electrons. The molecule has 0 saturated carbocycles. The molecule has 0 aliphatic carbocycles. The van der Waals surface area contributed by atoms with Crippen molar-refractivity contribution in [1.82, 2.24) is 4.90 Å². The highest BCUT2D eigenvalue weighted by Gasteiger charge is 2.30. The van der Waals surface area contributed by atoms with Crippen LogP contribution < -0.4 is 5.73 Å². The van der Waals surface area contributed by atoms with Crippen LogP contribution in [0.4, 0.5) is 13.2 Å². The fourth-order valence-electron chi connectivity index (χ4n) is 1.12. The monoisotopic (exact) mass is 209 g/mol. The average Bonchev–Trinajstić information content (AvgIpc) is 2.01. The molecule has 2 N–H and O–H groups in total. The van der Waals surface area contributed by atoms with Gasteiger partial charge in [-0.15, -0.1) is 0 Å². The van der Waals surface area contributed by atoms with Crippen LogP contribution in [0.5, 0.6) is 0 Å². The molecule has 0 radical (unpaired) electrons. The summed E-state index contributed by atoms with van der Waals surface area (Å²) in [4.78, 5) is 1.15. The van der Waals surface area contributed by atoms with Crippen molar-refractivity contribution in [2.75, 3.05) is 19.6 Å². The molecule has 0 rings (SSSR count). The molecular formula is C8H14F3N3. The minimum atomic E-state index is -4.23. The Morgan fingerprint density at radius 1 is 1.50 bits per heavy atom. The summed E-state index contributed by atoms with van der Waals surface area (Å²) in [5.41, 5.74) is 5.25. The Balaban J connectivity index is 4.10. The quantitative estimate of drug-likeness (QED) is 0.738. The van der Waals surface area contributed by atoms with Gasteiger partial charge in [0.05, 0.1) is 12.6 Å². The molecule has 0 amide bonds. The zero-order chi connectivity index (χ0) is 11.2. The molecule has 0 aromatic heterocycles. The molecule has 0 fully saturated rings. The predicted octanol–water partition coefficient (Wildman–Crippen LogP) is 1.11. The van der Waals surface area contributed by atoms with Gasteiger partial charge in [-0.05, 0) is 13.0 Å². The van der Waals surface area contributed by atoms with Crippen LogP contribution in [-0.4, -0.2) is 36.8 Å². The number of halogens is 3. The predicted molar refractivity (Wildman–Crippen MR) is 46.4 cm³/mol. The Morgan fingerprint density at radius 2 is 2.07 bits per heavy atom. The third-order valence-corrected chi connectivity index (χ3v) is 1.56. The van der Waals surface area contributed by atoms with Crippen molar-refractivity contribution in [3.63, 3.8) is 0 Å². The van der Waals surface area contributed by atoms with E-state index in [4.69, 9.17) is 11.0 Å². The molecule has 0 spiro atoms. The topological polar surface area (TPSA) is 53.0 Å². The molecule has 1 unspecified atom stereocenters. The molecule has 0 aromatic rings. The average molecular weight is 209 g/mol. The largest absolute Gasteiger partial charge is 0.401 e. The van der Waals surface area contributed by atoms with Gasteiger partial charge in [-0.25, -0.2) is 0 Å². The standard InChI is InChI=1S/C8H14F3N3/c1-2-3-14(5-7(13)4-12)6-8(9,10)11/h7H,2-3,5-6,13H2,1H3. The number of hydrogen-bond acceptors (Lipinski definition) is 3. The molecule has 0 bridgehead atoms. The smallest absolute Gasteiger partial charge is 0.315 e. The van der Waals surface area contributed by atoms with Crippen LogP contribution in [0.25, 0.3) is 0 Å². The fraction of sp³-hybridized carbons (Fsp3) is 0.875. The Kier molecular flexibility index (Phi) is 5.50. The Morgan fingerprint density at radius 3 is 2.43 bits per heavy atom. The molecule has 3 nitrogen and oxygen atoms in total. The lowest BCUT2D eigenvalue weighted by atomic mass is 10.3. The van der Waals surface area contributed by atoms with Crippen LogP contribution in [0, 0.1) is 11.3 Å². The van der Waals surface area contributed by atoms with E-state index >= 15 is 0 Å². The molecule has 0 aliphatic rings. The molecule has 1 atom stereocenters. The van der Waals surface area contributed by atoms with Gasteiger partial charge in [0, 0.05) is 6.54 Å². The normalized spacial score (nSPS) is 14.1. The first-order valence-corrected chi connectivity index (χ1v) is 4.33. The molecule has 14 heavy (non-hydrogen) atoms. The highest BCUT2D eigenvalue weighted by Crippen LogP contribution is 2.16. The Hall–Kier alpha value is -0.800. The summed E-state index contributed by atoms with van der Waals surface area (Å²) in [6.45, 7) is 1.04. The highest BCUT2D eigenvalue weighted by molar-refractivity contribution is 4.89. The van der Waals surface area contributed by atoms with E-state index in [1.54, 1.807) is 13.0 Å². The van der Waals surface area contributed by atoms with E-state index in [2.05, 4.69) is 0 Å². The summed E-state index contributed by atoms with van der Waals surface area (Å²) in [6.07, 6.45) is -3.63. The second kappa shape index (κ2) is 5.83. The number of alkyl halides is 3. The van der Waals surface area contributed by atoms with Gasteiger partial charge in [-0.3, -0.25) is 4.90 Å². The van der Waals surface area contributed by atoms with Crippen LogP contribution >= 0.6 is 0 Å². The molecule has 6 heteroatoms. The van der Waals surface area contributed by atoms with Crippen molar-refractivity contribution in [2.45, 2.75) is 25.6 Å². The third-order valence-electron chi connectivity index (χ3n) is 1.56. The molecular weight excluding hydrogens is 195 g/mol. The Bertz CT molecular complexity index is 197. The van der Waals surface area contributed by atoms with Gasteiger partial charge in [0.25, 0.3) is 0 Å². The first kappa shape index (κ1) is 13.2. The lowest BCUT2D eigenvalue weighted by Crippen LogP contribution is -2.42. The fourth-order valence-corrected chi connectivity index (χ4v) is 1.12. The van der Waals surface area contributed by atoms with Crippen molar-refractivity contribution in [2.24, 2.45) is 5.73 Å². The van der Waals surface area contributed by atoms with E-state index in [-0.39, 0.29) is 6.54 Å². The van der Waals surface area contributed by atoms with E-state index in [1.165, 1.54) is 0 Å². The van der Waals surface area contributed by atoms with Gasteiger partial charge < -0.3 is 5.73 Å². The van der Waals surface area contributed by atoms with Gasteiger partial charge >= 0.3 is 6.18 Å². The van der Waals surface area contributed by atoms with Gasteiger partial charge in [-0.2, -0.15) is 18.4 Å². The maximum atomic E-state index is 12.0. The Labute approximate surface area is 81.3 Å². The molecule has 0 aromatic carbocycles. The zero-order valence-corrected chi connectivity index (χ0v) is 8.01. The zero-order valence-electron chi connectivity index (χ0n) is 8.01. The molecule has 0 heterocycles. The second-order valence-corrected chi connectivity index (χ2v) is 3.09. The SMILES string of the molecule is CCCN(CC(N)C#N)CC(F)(F)F. The summed E-state index contributed by atoms with van der Waals surface area (Å²) in [7, 11) is 0. The van der Waals surface area contributed by atoms with Gasteiger partial charge in [0.1, 0.15) is 6.04 Å². The van der Waals surface area contributed by atoms with Gasteiger partial charge in [0.2, 0.25) is 0 Å². The number of nitrogens with zero attached hydrogens (tertiary/aromatic N) is 2. The molecule has 0 aliphatic heterocycles. The number of nitrogens with two attached hydrogens (primary N) is 1. The summed E-state index contributed by atoms with van der Waals surface area (Å²) in [6, 6.07) is 0.851. The van der Waals surface area contributed by atoms with Crippen LogP contribution in [0.2, 0.25) is 0 Å². The van der Waals surface area contributed by atoms with Crippen LogP contribution in [0.1, 0.15) is 13.3 Å². The first-order valence-electron chi connectivity index (χ1n) is 4.33. The number of hydrogen-bond donors (Lipinski definition) is 1. The van der Waals surface area contributed by atoms with E-state index in [0.29, 0.717) is 13.0 Å². The second-order valence-electron chi connectivity index (χ2n) is 3.09. The van der Waals surface area contributed by atoms with Gasteiger partial charge in [-0.1, -0.05) is 6.92 Å². The van der Waals surface area contributed by atoms with Crippen LogP contribution in [0.15, 0.2) is 0 Å². The third kappa shape index (κ3) is 6.69. The summed E-state index contributed by atoms with van der Waals surface area (Å²) in [5, 5.41) is 8.37. The number of nitriles is 1. The summed E-state index contributed by atoms with van der Waals surface area (Å²) < 4.78 is 36.1. The van der Waals surface area contributed by atoms with Crippen molar-refractivity contribution in [3.05, 3.63) is 0 Å². The maximum Gasteiger partial charge on any atom is 0.401 e. The maximum absolute atomic E-state index is 12.0. The van der Waals surface area contributed by atoms with Crippen molar-refractivity contribution in [3.8, 4) is 6.07 Å². The molecule has 0 saturated heterocycles. The van der Waals surface area contributed by atoms with E-state index in [1.807, 2.05) is 0 Å². The lowest BCUT2D eigenvalue weighted by Gasteiger charge is -2.23. The number of rotatable bonds is 5. The van der Waals surface area contributed by atoms with E-state index in [0.717, 1.165) is 4.90 Å². The van der Waals surface area contributed by atoms with Crippen molar-refractivity contribution in [1.29, 1.82) is 5.26 Å².